The first-order valence-electron chi connectivity index (χ1n) is 8.83. The third kappa shape index (κ3) is 3.43. The number of likely N-dealkylation sites (tertiary alicyclic amines) is 1. The van der Waals surface area contributed by atoms with Gasteiger partial charge in [0.2, 0.25) is 5.91 Å². The molecule has 2 aliphatic rings. The monoisotopic (exact) mass is 330 g/mol. The standard InChI is InChI=1S/C18H26N4O2/c1-14(2)22-9-5-7-16(18(22)24)20-10-12-21(13-11-20)17(23)15-6-3-4-8-19-15/h3-4,6,8,14,16H,5,7,9-13H2,1-2H3/t16-/m0/s1. The van der Waals surface area contributed by atoms with E-state index >= 15 is 0 Å². The van der Waals surface area contributed by atoms with Crippen molar-refractivity contribution in [2.24, 2.45) is 0 Å². The second-order valence-electron chi connectivity index (χ2n) is 6.83. The minimum Gasteiger partial charge on any atom is -0.339 e. The lowest BCUT2D eigenvalue weighted by Crippen LogP contribution is -2.59. The third-order valence-electron chi connectivity index (χ3n) is 4.99. The van der Waals surface area contributed by atoms with Crippen molar-refractivity contribution in [1.29, 1.82) is 0 Å². The van der Waals surface area contributed by atoms with E-state index < -0.39 is 0 Å². The molecule has 0 unspecified atom stereocenters. The third-order valence-corrected chi connectivity index (χ3v) is 4.99. The minimum absolute atomic E-state index is 0.0194. The van der Waals surface area contributed by atoms with Crippen LogP contribution in [0.4, 0.5) is 0 Å². The van der Waals surface area contributed by atoms with E-state index in [0.29, 0.717) is 18.8 Å². The van der Waals surface area contributed by atoms with Crippen molar-refractivity contribution in [1.82, 2.24) is 19.7 Å². The predicted octanol–water partition coefficient (Wildman–Crippen LogP) is 1.24. The first-order valence-corrected chi connectivity index (χ1v) is 8.83. The highest BCUT2D eigenvalue weighted by Crippen LogP contribution is 2.21. The van der Waals surface area contributed by atoms with Gasteiger partial charge in [0.05, 0.1) is 6.04 Å². The lowest BCUT2D eigenvalue weighted by atomic mass is 10.0. The molecule has 2 amide bonds. The Bertz CT molecular complexity index is 582. The molecule has 6 nitrogen and oxygen atoms in total. The normalized spacial score (nSPS) is 23.0. The number of piperidine rings is 1. The van der Waals surface area contributed by atoms with Gasteiger partial charge >= 0.3 is 0 Å². The van der Waals surface area contributed by atoms with E-state index in [1.807, 2.05) is 21.9 Å². The van der Waals surface area contributed by atoms with Crippen molar-refractivity contribution in [3.63, 3.8) is 0 Å². The Labute approximate surface area is 143 Å². The van der Waals surface area contributed by atoms with Gasteiger partial charge in [-0.1, -0.05) is 6.07 Å². The average molecular weight is 330 g/mol. The molecule has 0 aliphatic carbocycles. The molecule has 0 N–H and O–H groups in total. The molecule has 0 saturated carbocycles. The van der Waals surface area contributed by atoms with Crippen LogP contribution in [0.2, 0.25) is 0 Å². The zero-order valence-corrected chi connectivity index (χ0v) is 14.5. The fraction of sp³-hybridized carbons (Fsp3) is 0.611. The minimum atomic E-state index is -0.0201. The van der Waals surface area contributed by atoms with Crippen LogP contribution in [-0.2, 0) is 4.79 Å². The second kappa shape index (κ2) is 7.30. The van der Waals surface area contributed by atoms with Crippen LogP contribution in [0.3, 0.4) is 0 Å². The molecule has 1 aromatic heterocycles. The van der Waals surface area contributed by atoms with Gasteiger partial charge in [-0.3, -0.25) is 19.5 Å². The molecule has 0 spiro atoms. The number of rotatable bonds is 3. The summed E-state index contributed by atoms with van der Waals surface area (Å²) in [7, 11) is 0. The zero-order chi connectivity index (χ0) is 17.1. The van der Waals surface area contributed by atoms with Crippen molar-refractivity contribution >= 4 is 11.8 Å². The molecule has 24 heavy (non-hydrogen) atoms. The molecule has 3 heterocycles. The summed E-state index contributed by atoms with van der Waals surface area (Å²) < 4.78 is 0. The first-order chi connectivity index (χ1) is 11.6. The number of aromatic nitrogens is 1. The van der Waals surface area contributed by atoms with Gasteiger partial charge in [-0.2, -0.15) is 0 Å². The van der Waals surface area contributed by atoms with E-state index in [0.717, 1.165) is 32.5 Å². The van der Waals surface area contributed by atoms with Crippen LogP contribution in [-0.4, -0.2) is 76.3 Å². The number of piperazine rings is 1. The van der Waals surface area contributed by atoms with Gasteiger partial charge in [0.25, 0.3) is 5.91 Å². The molecular weight excluding hydrogens is 304 g/mol. The maximum absolute atomic E-state index is 12.7. The average Bonchev–Trinajstić information content (AvgIpc) is 2.62. The van der Waals surface area contributed by atoms with Crippen LogP contribution in [0.5, 0.6) is 0 Å². The molecule has 0 aromatic carbocycles. The van der Waals surface area contributed by atoms with Gasteiger partial charge in [-0.25, -0.2) is 0 Å². The highest BCUT2D eigenvalue weighted by atomic mass is 16.2. The summed E-state index contributed by atoms with van der Waals surface area (Å²) in [6.45, 7) is 7.82. The number of pyridine rings is 1. The van der Waals surface area contributed by atoms with Gasteiger partial charge in [0.15, 0.2) is 0 Å². The van der Waals surface area contributed by atoms with Crippen LogP contribution in [0.25, 0.3) is 0 Å². The topological polar surface area (TPSA) is 56.8 Å². The SMILES string of the molecule is CC(C)N1CCC[C@H](N2CCN(C(=O)c3ccccn3)CC2)C1=O. The summed E-state index contributed by atoms with van der Waals surface area (Å²) >= 11 is 0. The first kappa shape index (κ1) is 16.9. The summed E-state index contributed by atoms with van der Waals surface area (Å²) in [5.41, 5.74) is 0.491. The molecule has 0 radical (unpaired) electrons. The molecule has 2 saturated heterocycles. The van der Waals surface area contributed by atoms with E-state index in [4.69, 9.17) is 0 Å². The van der Waals surface area contributed by atoms with Crippen molar-refractivity contribution in [2.45, 2.75) is 38.8 Å². The highest BCUT2D eigenvalue weighted by molar-refractivity contribution is 5.92. The molecule has 6 heteroatoms. The Morgan fingerprint density at radius 3 is 2.54 bits per heavy atom. The fourth-order valence-corrected chi connectivity index (χ4v) is 3.62. The Morgan fingerprint density at radius 1 is 1.17 bits per heavy atom. The molecule has 130 valence electrons. The van der Waals surface area contributed by atoms with E-state index in [2.05, 4.69) is 23.7 Å². The van der Waals surface area contributed by atoms with Gasteiger partial charge in [-0.05, 0) is 38.8 Å². The number of nitrogens with zero attached hydrogens (tertiary/aromatic N) is 4. The molecular formula is C18H26N4O2. The van der Waals surface area contributed by atoms with Crippen molar-refractivity contribution in [2.75, 3.05) is 32.7 Å². The maximum atomic E-state index is 12.7. The summed E-state index contributed by atoms with van der Waals surface area (Å²) in [5, 5.41) is 0. The highest BCUT2D eigenvalue weighted by Gasteiger charge is 2.36. The number of amides is 2. The maximum Gasteiger partial charge on any atom is 0.272 e. The van der Waals surface area contributed by atoms with E-state index in [9.17, 15) is 9.59 Å². The summed E-state index contributed by atoms with van der Waals surface area (Å²) in [4.78, 5) is 35.4. The molecule has 1 aromatic rings. The lowest BCUT2D eigenvalue weighted by molar-refractivity contribution is -0.142. The largest absolute Gasteiger partial charge is 0.339 e. The summed E-state index contributed by atoms with van der Waals surface area (Å²) in [6.07, 6.45) is 3.63. The van der Waals surface area contributed by atoms with E-state index in [-0.39, 0.29) is 23.9 Å². The summed E-state index contributed by atoms with van der Waals surface area (Å²) in [6, 6.07) is 5.63. The second-order valence-corrected chi connectivity index (χ2v) is 6.83. The quantitative estimate of drug-likeness (QED) is 0.837. The predicted molar refractivity (Wildman–Crippen MR) is 91.6 cm³/mol. The van der Waals surface area contributed by atoms with Gasteiger partial charge in [0.1, 0.15) is 5.69 Å². The van der Waals surface area contributed by atoms with Crippen LogP contribution in [0.1, 0.15) is 37.2 Å². The Morgan fingerprint density at radius 2 is 1.92 bits per heavy atom. The Kier molecular flexibility index (Phi) is 5.14. The summed E-state index contributed by atoms with van der Waals surface area (Å²) in [5.74, 6) is 0.231. The van der Waals surface area contributed by atoms with E-state index in [1.165, 1.54) is 0 Å². The van der Waals surface area contributed by atoms with Gasteiger partial charge in [-0.15, -0.1) is 0 Å². The van der Waals surface area contributed by atoms with Crippen molar-refractivity contribution in [3.05, 3.63) is 30.1 Å². The van der Waals surface area contributed by atoms with Crippen LogP contribution < -0.4 is 0 Å². The van der Waals surface area contributed by atoms with Gasteiger partial charge in [0, 0.05) is 45.0 Å². The van der Waals surface area contributed by atoms with Gasteiger partial charge < -0.3 is 9.80 Å². The van der Waals surface area contributed by atoms with Crippen LogP contribution >= 0.6 is 0 Å². The number of hydrogen-bond donors (Lipinski definition) is 0. The number of carbonyl (C=O) groups excluding carboxylic acids is 2. The zero-order valence-electron chi connectivity index (χ0n) is 14.5. The molecule has 2 fully saturated rings. The van der Waals surface area contributed by atoms with Crippen LogP contribution in [0.15, 0.2) is 24.4 Å². The molecule has 1 atom stereocenters. The molecule has 0 bridgehead atoms. The van der Waals surface area contributed by atoms with Crippen molar-refractivity contribution < 1.29 is 9.59 Å². The number of carbonyl (C=O) groups is 2. The molecule has 2 aliphatic heterocycles. The fourth-order valence-electron chi connectivity index (χ4n) is 3.62. The Hall–Kier alpha value is -1.95. The Balaban J connectivity index is 1.59. The van der Waals surface area contributed by atoms with E-state index in [1.54, 1.807) is 12.3 Å². The van der Waals surface area contributed by atoms with Crippen molar-refractivity contribution in [3.8, 4) is 0 Å². The number of hydrogen-bond acceptors (Lipinski definition) is 4. The smallest absolute Gasteiger partial charge is 0.272 e. The molecule has 3 rings (SSSR count). The van der Waals surface area contributed by atoms with Crippen LogP contribution in [0, 0.1) is 0 Å². The lowest BCUT2D eigenvalue weighted by Gasteiger charge is -2.43.